The number of aromatic amines is 1. The highest BCUT2D eigenvalue weighted by Gasteiger charge is 2.15. The highest BCUT2D eigenvalue weighted by atomic mass is 35.5. The van der Waals surface area contributed by atoms with Crippen LogP contribution in [0.4, 0.5) is 0 Å². The second-order valence-corrected chi connectivity index (χ2v) is 5.01. The third kappa shape index (κ3) is 3.08. The monoisotopic (exact) mass is 281 g/mol. The molecule has 1 atom stereocenters. The molecule has 0 aliphatic rings. The molecule has 1 heterocycles. The average molecular weight is 282 g/mol. The number of fused-ring (bicyclic) bond motifs is 1. The summed E-state index contributed by atoms with van der Waals surface area (Å²) in [6.45, 7) is 7.12. The maximum Gasteiger partial charge on any atom is 0.0816 e. The van der Waals surface area contributed by atoms with Gasteiger partial charge in [-0.1, -0.05) is 31.5 Å². The molecule has 0 bridgehead atoms. The fourth-order valence-electron chi connectivity index (χ4n) is 2.26. The topological polar surface area (TPSA) is 52.1 Å². The van der Waals surface area contributed by atoms with Gasteiger partial charge in [0.05, 0.1) is 22.8 Å². The highest BCUT2D eigenvalue weighted by molar-refractivity contribution is 6.36. The van der Waals surface area contributed by atoms with Gasteiger partial charge < -0.3 is 10.0 Å². The number of hydrogen-bond acceptors (Lipinski definition) is 3. The molecular weight excluding hydrogens is 262 g/mol. The van der Waals surface area contributed by atoms with Gasteiger partial charge in [0.25, 0.3) is 0 Å². The number of halogens is 1. The van der Waals surface area contributed by atoms with E-state index in [1.54, 1.807) is 6.20 Å². The van der Waals surface area contributed by atoms with Crippen LogP contribution in [0.3, 0.4) is 0 Å². The smallest absolute Gasteiger partial charge is 0.0816 e. The summed E-state index contributed by atoms with van der Waals surface area (Å²) >= 11 is 6.33. The van der Waals surface area contributed by atoms with Gasteiger partial charge in [-0.3, -0.25) is 5.10 Å². The van der Waals surface area contributed by atoms with Gasteiger partial charge in [-0.2, -0.15) is 5.10 Å². The lowest BCUT2D eigenvalue weighted by molar-refractivity contribution is 0.145. The quantitative estimate of drug-likeness (QED) is 0.856. The summed E-state index contributed by atoms with van der Waals surface area (Å²) < 4.78 is 0. The Morgan fingerprint density at radius 1 is 1.37 bits per heavy atom. The van der Waals surface area contributed by atoms with E-state index in [2.05, 4.69) is 28.9 Å². The van der Waals surface area contributed by atoms with Crippen molar-refractivity contribution in [2.24, 2.45) is 0 Å². The van der Waals surface area contributed by atoms with E-state index in [0.29, 0.717) is 11.4 Å². The van der Waals surface area contributed by atoms with Gasteiger partial charge in [-0.05, 0) is 31.1 Å². The van der Waals surface area contributed by atoms with E-state index < -0.39 is 6.10 Å². The van der Waals surface area contributed by atoms with Gasteiger partial charge >= 0.3 is 0 Å². The van der Waals surface area contributed by atoms with E-state index in [-0.39, 0.29) is 0 Å². The SMILES string of the molecule is CCN(CC)CCC(O)c1ccc2[nH]ncc2c1Cl. The molecule has 2 aromatic rings. The lowest BCUT2D eigenvalue weighted by Gasteiger charge is -2.20. The molecule has 0 spiro atoms. The second kappa shape index (κ2) is 6.37. The number of aliphatic hydroxyl groups excluding tert-OH is 1. The average Bonchev–Trinajstić information content (AvgIpc) is 2.89. The van der Waals surface area contributed by atoms with Gasteiger partial charge in [-0.25, -0.2) is 0 Å². The number of benzene rings is 1. The number of aromatic nitrogens is 2. The molecule has 19 heavy (non-hydrogen) atoms. The standard InChI is InChI=1S/C14H20ClN3O/c1-3-18(4-2)8-7-13(19)10-5-6-12-11(14(10)15)9-16-17-12/h5-6,9,13,19H,3-4,7-8H2,1-2H3,(H,16,17). The van der Waals surface area contributed by atoms with Gasteiger partial charge in [0.1, 0.15) is 0 Å². The van der Waals surface area contributed by atoms with Crippen molar-refractivity contribution < 1.29 is 5.11 Å². The van der Waals surface area contributed by atoms with Gasteiger partial charge in [0, 0.05) is 11.9 Å². The Morgan fingerprint density at radius 2 is 2.11 bits per heavy atom. The number of aliphatic hydroxyl groups is 1. The van der Waals surface area contributed by atoms with Crippen LogP contribution in [-0.4, -0.2) is 39.8 Å². The Hall–Kier alpha value is -1.10. The van der Waals surface area contributed by atoms with Crippen LogP contribution in [0.15, 0.2) is 18.3 Å². The predicted molar refractivity (Wildman–Crippen MR) is 78.5 cm³/mol. The Balaban J connectivity index is 2.12. The maximum atomic E-state index is 10.3. The lowest BCUT2D eigenvalue weighted by Crippen LogP contribution is -2.25. The number of nitrogens with one attached hydrogen (secondary N) is 1. The molecule has 1 aromatic carbocycles. The Bertz CT molecular complexity index is 536. The van der Waals surface area contributed by atoms with E-state index in [1.807, 2.05) is 12.1 Å². The first-order chi connectivity index (χ1) is 9.17. The molecule has 0 radical (unpaired) electrons. The minimum absolute atomic E-state index is 0.535. The first-order valence-corrected chi connectivity index (χ1v) is 7.07. The summed E-state index contributed by atoms with van der Waals surface area (Å²) in [7, 11) is 0. The van der Waals surface area contributed by atoms with Crippen molar-refractivity contribution in [1.82, 2.24) is 15.1 Å². The van der Waals surface area contributed by atoms with Crippen molar-refractivity contribution >= 4 is 22.5 Å². The zero-order valence-corrected chi connectivity index (χ0v) is 12.1. The van der Waals surface area contributed by atoms with Crippen molar-refractivity contribution in [3.8, 4) is 0 Å². The van der Waals surface area contributed by atoms with Gasteiger partial charge in [-0.15, -0.1) is 0 Å². The normalized spacial score (nSPS) is 13.3. The summed E-state index contributed by atoms with van der Waals surface area (Å²) in [5.41, 5.74) is 1.67. The van der Waals surface area contributed by atoms with Crippen LogP contribution >= 0.6 is 11.6 Å². The Labute approximate surface area is 118 Å². The van der Waals surface area contributed by atoms with Crippen molar-refractivity contribution in [3.63, 3.8) is 0 Å². The molecule has 1 unspecified atom stereocenters. The number of H-pyrrole nitrogens is 1. The summed E-state index contributed by atoms with van der Waals surface area (Å²) in [6.07, 6.45) is 1.84. The molecular formula is C14H20ClN3O. The van der Waals surface area contributed by atoms with E-state index in [9.17, 15) is 5.11 Å². The second-order valence-electron chi connectivity index (χ2n) is 4.63. The van der Waals surface area contributed by atoms with Crippen molar-refractivity contribution in [2.45, 2.75) is 26.4 Å². The van der Waals surface area contributed by atoms with E-state index in [1.165, 1.54) is 0 Å². The minimum Gasteiger partial charge on any atom is -0.388 e. The highest BCUT2D eigenvalue weighted by Crippen LogP contribution is 2.31. The fraction of sp³-hybridized carbons (Fsp3) is 0.500. The van der Waals surface area contributed by atoms with Gasteiger partial charge in [0.2, 0.25) is 0 Å². The molecule has 0 aliphatic heterocycles. The summed E-state index contributed by atoms with van der Waals surface area (Å²) in [6, 6.07) is 3.78. The molecule has 0 saturated heterocycles. The van der Waals surface area contributed by atoms with Crippen LogP contribution in [0.5, 0.6) is 0 Å². The molecule has 2 rings (SSSR count). The van der Waals surface area contributed by atoms with Crippen LogP contribution in [0, 0.1) is 0 Å². The molecule has 104 valence electrons. The van der Waals surface area contributed by atoms with Crippen molar-refractivity contribution in [3.05, 3.63) is 28.9 Å². The molecule has 2 N–H and O–H groups in total. The molecule has 0 fully saturated rings. The molecule has 0 aliphatic carbocycles. The van der Waals surface area contributed by atoms with Crippen LogP contribution in [0.2, 0.25) is 5.02 Å². The number of nitrogens with zero attached hydrogens (tertiary/aromatic N) is 2. The third-order valence-electron chi connectivity index (χ3n) is 3.56. The first kappa shape index (κ1) is 14.3. The zero-order valence-electron chi connectivity index (χ0n) is 11.4. The van der Waals surface area contributed by atoms with E-state index in [4.69, 9.17) is 11.6 Å². The molecule has 4 nitrogen and oxygen atoms in total. The van der Waals surface area contributed by atoms with Crippen LogP contribution < -0.4 is 0 Å². The number of hydrogen-bond donors (Lipinski definition) is 2. The molecule has 0 saturated carbocycles. The zero-order chi connectivity index (χ0) is 13.8. The summed E-state index contributed by atoms with van der Waals surface area (Å²) in [5.74, 6) is 0. The minimum atomic E-state index is -0.535. The molecule has 0 amide bonds. The Morgan fingerprint density at radius 3 is 2.79 bits per heavy atom. The molecule has 1 aromatic heterocycles. The van der Waals surface area contributed by atoms with Crippen LogP contribution in [0.25, 0.3) is 10.9 Å². The van der Waals surface area contributed by atoms with Crippen LogP contribution in [0.1, 0.15) is 31.9 Å². The van der Waals surface area contributed by atoms with Crippen LogP contribution in [-0.2, 0) is 0 Å². The van der Waals surface area contributed by atoms with Crippen molar-refractivity contribution in [1.29, 1.82) is 0 Å². The predicted octanol–water partition coefficient (Wildman–Crippen LogP) is 2.98. The Kier molecular flexibility index (Phi) is 4.80. The molecule has 5 heteroatoms. The van der Waals surface area contributed by atoms with Crippen molar-refractivity contribution in [2.75, 3.05) is 19.6 Å². The van der Waals surface area contributed by atoms with Gasteiger partial charge in [0.15, 0.2) is 0 Å². The summed E-state index contributed by atoms with van der Waals surface area (Å²) in [4.78, 5) is 2.29. The first-order valence-electron chi connectivity index (χ1n) is 6.69. The lowest BCUT2D eigenvalue weighted by atomic mass is 10.0. The third-order valence-corrected chi connectivity index (χ3v) is 3.98. The largest absolute Gasteiger partial charge is 0.388 e. The maximum absolute atomic E-state index is 10.3. The number of rotatable bonds is 6. The van der Waals surface area contributed by atoms with E-state index in [0.717, 1.165) is 36.1 Å². The fourth-order valence-corrected chi connectivity index (χ4v) is 2.60. The summed E-state index contributed by atoms with van der Waals surface area (Å²) in [5, 5.41) is 18.6. The van der Waals surface area contributed by atoms with E-state index >= 15 is 0 Å².